The van der Waals surface area contributed by atoms with Crippen molar-refractivity contribution in [3.05, 3.63) is 47.7 Å². The Labute approximate surface area is 148 Å². The van der Waals surface area contributed by atoms with Gasteiger partial charge in [0.05, 0.1) is 6.54 Å². The molecular formula is C17H24ClN5O. The topological polar surface area (TPSA) is 54.7 Å². The number of benzene rings is 1. The highest BCUT2D eigenvalue weighted by Gasteiger charge is 2.05. The summed E-state index contributed by atoms with van der Waals surface area (Å²) in [7, 11) is 3.78. The van der Waals surface area contributed by atoms with Gasteiger partial charge >= 0.3 is 0 Å². The summed E-state index contributed by atoms with van der Waals surface area (Å²) in [4.78, 5) is 6.34. The minimum absolute atomic E-state index is 0.576. The smallest absolute Gasteiger partial charge is 0.193 e. The zero-order valence-corrected chi connectivity index (χ0v) is 14.9. The molecular weight excluding hydrogens is 326 g/mol. The summed E-state index contributed by atoms with van der Waals surface area (Å²) in [6.45, 7) is 3.04. The first-order chi connectivity index (χ1) is 11.7. The number of guanidine groups is 1. The van der Waals surface area contributed by atoms with Crippen LogP contribution in [0.3, 0.4) is 0 Å². The van der Waals surface area contributed by atoms with Crippen molar-refractivity contribution in [3.8, 4) is 5.75 Å². The summed E-state index contributed by atoms with van der Waals surface area (Å²) >= 11 is 5.86. The molecule has 2 rings (SSSR count). The maximum atomic E-state index is 5.86. The predicted molar refractivity (Wildman–Crippen MR) is 97.8 cm³/mol. The number of aliphatic imine (C=N–C) groups is 1. The highest BCUT2D eigenvalue weighted by Crippen LogP contribution is 2.15. The summed E-state index contributed by atoms with van der Waals surface area (Å²) in [5.74, 6) is 1.67. The maximum Gasteiger partial charge on any atom is 0.193 e. The average molecular weight is 350 g/mol. The molecule has 0 aliphatic carbocycles. The number of aromatic nitrogens is 2. The Morgan fingerprint density at radius 3 is 2.83 bits per heavy atom. The van der Waals surface area contributed by atoms with Crippen LogP contribution in [-0.4, -0.2) is 54.4 Å². The highest BCUT2D eigenvalue weighted by atomic mass is 35.5. The molecule has 2 aromatic rings. The summed E-state index contributed by atoms with van der Waals surface area (Å²) < 4.78 is 7.63. The third-order valence-electron chi connectivity index (χ3n) is 3.49. The van der Waals surface area contributed by atoms with Crippen LogP contribution >= 0.6 is 11.6 Å². The van der Waals surface area contributed by atoms with Crippen LogP contribution in [0, 0.1) is 0 Å². The molecule has 0 amide bonds. The second-order valence-electron chi connectivity index (χ2n) is 5.32. The molecule has 0 unspecified atom stereocenters. The Kier molecular flexibility index (Phi) is 7.42. The zero-order valence-electron chi connectivity index (χ0n) is 14.2. The maximum absolute atomic E-state index is 5.86. The quantitative estimate of drug-likeness (QED) is 0.452. The molecule has 1 N–H and O–H groups in total. The molecule has 0 saturated heterocycles. The number of halogens is 1. The Morgan fingerprint density at radius 2 is 2.17 bits per heavy atom. The molecule has 1 heterocycles. The van der Waals surface area contributed by atoms with E-state index in [4.69, 9.17) is 16.3 Å². The molecule has 0 aliphatic heterocycles. The van der Waals surface area contributed by atoms with Gasteiger partial charge in [-0.05, 0) is 36.8 Å². The lowest BCUT2D eigenvalue weighted by Crippen LogP contribution is -2.41. The molecule has 130 valence electrons. The van der Waals surface area contributed by atoms with Crippen LogP contribution in [0.4, 0.5) is 0 Å². The van der Waals surface area contributed by atoms with Gasteiger partial charge in [-0.15, -0.1) is 0 Å². The van der Waals surface area contributed by atoms with Gasteiger partial charge in [-0.3, -0.25) is 9.67 Å². The molecule has 1 aromatic carbocycles. The standard InChI is InChI=1S/C17H24ClN5O/c1-19-17(20-9-3-11-23-12-4-10-21-23)22(2)13-14-24-16-7-5-15(18)6-8-16/h4-8,10,12H,3,9,11,13-14H2,1-2H3,(H,19,20). The molecule has 0 bridgehead atoms. The third-order valence-corrected chi connectivity index (χ3v) is 3.74. The molecule has 1 aromatic heterocycles. The molecule has 6 nitrogen and oxygen atoms in total. The van der Waals surface area contributed by atoms with Gasteiger partial charge in [-0.1, -0.05) is 11.6 Å². The van der Waals surface area contributed by atoms with Gasteiger partial charge in [0.25, 0.3) is 0 Å². The minimum Gasteiger partial charge on any atom is -0.492 e. The van der Waals surface area contributed by atoms with Crippen LogP contribution in [-0.2, 0) is 6.54 Å². The number of nitrogens with zero attached hydrogens (tertiary/aromatic N) is 4. The van der Waals surface area contributed by atoms with E-state index in [0.29, 0.717) is 11.6 Å². The van der Waals surface area contributed by atoms with E-state index in [2.05, 4.69) is 15.4 Å². The average Bonchev–Trinajstić information content (AvgIpc) is 3.10. The largest absolute Gasteiger partial charge is 0.492 e. The SMILES string of the molecule is CN=C(NCCCn1cccn1)N(C)CCOc1ccc(Cl)cc1. The molecule has 0 atom stereocenters. The zero-order chi connectivity index (χ0) is 17.2. The Balaban J connectivity index is 1.65. The number of aryl methyl sites for hydroxylation is 1. The first-order valence-electron chi connectivity index (χ1n) is 7.96. The first-order valence-corrected chi connectivity index (χ1v) is 8.34. The van der Waals surface area contributed by atoms with E-state index >= 15 is 0 Å². The molecule has 24 heavy (non-hydrogen) atoms. The van der Waals surface area contributed by atoms with Gasteiger partial charge in [0.2, 0.25) is 0 Å². The van der Waals surface area contributed by atoms with Gasteiger partial charge in [-0.2, -0.15) is 5.10 Å². The molecule has 0 aliphatic rings. The molecule has 0 spiro atoms. The lowest BCUT2D eigenvalue weighted by Gasteiger charge is -2.22. The second-order valence-corrected chi connectivity index (χ2v) is 5.76. The fourth-order valence-corrected chi connectivity index (χ4v) is 2.32. The van der Waals surface area contributed by atoms with Crippen molar-refractivity contribution in [1.29, 1.82) is 0 Å². The van der Waals surface area contributed by atoms with E-state index in [0.717, 1.165) is 37.8 Å². The molecule has 0 radical (unpaired) electrons. The van der Waals surface area contributed by atoms with E-state index in [1.54, 1.807) is 13.2 Å². The van der Waals surface area contributed by atoms with Crippen LogP contribution in [0.5, 0.6) is 5.75 Å². The van der Waals surface area contributed by atoms with Gasteiger partial charge in [0.15, 0.2) is 5.96 Å². The van der Waals surface area contributed by atoms with Crippen LogP contribution in [0.2, 0.25) is 5.02 Å². The van der Waals surface area contributed by atoms with E-state index in [9.17, 15) is 0 Å². The molecule has 0 saturated carbocycles. The molecule has 7 heteroatoms. The van der Waals surface area contributed by atoms with Crippen LogP contribution in [0.1, 0.15) is 6.42 Å². The van der Waals surface area contributed by atoms with Gasteiger partial charge in [-0.25, -0.2) is 0 Å². The van der Waals surface area contributed by atoms with Crippen molar-refractivity contribution in [1.82, 2.24) is 20.0 Å². The van der Waals surface area contributed by atoms with Crippen molar-refractivity contribution in [2.45, 2.75) is 13.0 Å². The number of hydrogen-bond acceptors (Lipinski definition) is 3. The lowest BCUT2D eigenvalue weighted by atomic mass is 10.3. The Morgan fingerprint density at radius 1 is 1.38 bits per heavy atom. The van der Waals surface area contributed by atoms with Crippen molar-refractivity contribution < 1.29 is 4.74 Å². The Hall–Kier alpha value is -2.21. The number of nitrogens with one attached hydrogen (secondary N) is 1. The minimum atomic E-state index is 0.576. The van der Waals surface area contributed by atoms with Gasteiger partial charge < -0.3 is 15.0 Å². The third kappa shape index (κ3) is 6.12. The summed E-state index contributed by atoms with van der Waals surface area (Å²) in [6, 6.07) is 9.30. The normalized spacial score (nSPS) is 11.4. The number of likely N-dealkylation sites (N-methyl/N-ethyl adjacent to an activating group) is 1. The van der Waals surface area contributed by atoms with Crippen molar-refractivity contribution in [2.24, 2.45) is 4.99 Å². The lowest BCUT2D eigenvalue weighted by molar-refractivity contribution is 0.281. The van der Waals surface area contributed by atoms with Gasteiger partial charge in [0, 0.05) is 44.6 Å². The van der Waals surface area contributed by atoms with Gasteiger partial charge in [0.1, 0.15) is 12.4 Å². The summed E-state index contributed by atoms with van der Waals surface area (Å²) in [5, 5.41) is 8.24. The number of hydrogen-bond donors (Lipinski definition) is 1. The fraction of sp³-hybridized carbons (Fsp3) is 0.412. The van der Waals surface area contributed by atoms with Crippen LogP contribution in [0.15, 0.2) is 47.7 Å². The molecule has 0 fully saturated rings. The number of ether oxygens (including phenoxy) is 1. The van der Waals surface area contributed by atoms with E-state index in [1.807, 2.05) is 53.2 Å². The van der Waals surface area contributed by atoms with E-state index in [-0.39, 0.29) is 0 Å². The summed E-state index contributed by atoms with van der Waals surface area (Å²) in [5.41, 5.74) is 0. The second kappa shape index (κ2) is 9.82. The van der Waals surface area contributed by atoms with E-state index in [1.165, 1.54) is 0 Å². The fourth-order valence-electron chi connectivity index (χ4n) is 2.20. The first kappa shape index (κ1) is 18.1. The highest BCUT2D eigenvalue weighted by molar-refractivity contribution is 6.30. The van der Waals surface area contributed by atoms with Crippen molar-refractivity contribution in [2.75, 3.05) is 33.8 Å². The monoisotopic (exact) mass is 349 g/mol. The predicted octanol–water partition coefficient (Wildman–Crippen LogP) is 2.51. The number of rotatable bonds is 8. The van der Waals surface area contributed by atoms with Crippen LogP contribution in [0.25, 0.3) is 0 Å². The van der Waals surface area contributed by atoms with E-state index < -0.39 is 0 Å². The summed E-state index contributed by atoms with van der Waals surface area (Å²) in [6.07, 6.45) is 4.74. The van der Waals surface area contributed by atoms with Crippen LogP contribution < -0.4 is 10.1 Å². The van der Waals surface area contributed by atoms with Crippen molar-refractivity contribution in [3.63, 3.8) is 0 Å². The Bertz CT molecular complexity index is 612. The van der Waals surface area contributed by atoms with Crippen molar-refractivity contribution >= 4 is 17.6 Å².